The Kier molecular flexibility index (Phi) is 5.31. The number of aromatic nitrogens is 6. The van der Waals surface area contributed by atoms with Crippen LogP contribution in [-0.4, -0.2) is 67.0 Å². The maximum Gasteiger partial charge on any atom is 0.250 e. The Morgan fingerprint density at radius 2 is 1.96 bits per heavy atom. The number of para-hydroxylation sites is 1. The summed E-state index contributed by atoms with van der Waals surface area (Å²) in [6.07, 6.45) is 5.14. The summed E-state index contributed by atoms with van der Waals surface area (Å²) < 4.78 is 3.50. The highest BCUT2D eigenvalue weighted by Crippen LogP contribution is 2.19. The van der Waals surface area contributed by atoms with Gasteiger partial charge in [-0.3, -0.25) is 9.48 Å². The van der Waals surface area contributed by atoms with Gasteiger partial charge >= 0.3 is 0 Å². The smallest absolute Gasteiger partial charge is 0.250 e. The Morgan fingerprint density at radius 1 is 1.11 bits per heavy atom. The Morgan fingerprint density at radius 3 is 2.71 bits per heavy atom. The fraction of sp³-hybridized carbons (Fsp3) is 0.421. The molecule has 1 unspecified atom stereocenters. The van der Waals surface area contributed by atoms with Crippen molar-refractivity contribution in [1.29, 1.82) is 0 Å². The zero-order valence-corrected chi connectivity index (χ0v) is 15.9. The van der Waals surface area contributed by atoms with Crippen molar-refractivity contribution >= 4 is 11.9 Å². The van der Waals surface area contributed by atoms with E-state index in [1.807, 2.05) is 54.4 Å². The molecule has 9 heteroatoms. The molecule has 1 fully saturated rings. The molecule has 28 heavy (non-hydrogen) atoms. The van der Waals surface area contributed by atoms with Crippen molar-refractivity contribution in [2.75, 3.05) is 31.1 Å². The second-order valence-electron chi connectivity index (χ2n) is 6.80. The number of amides is 1. The van der Waals surface area contributed by atoms with Crippen LogP contribution >= 0.6 is 0 Å². The first-order valence-electron chi connectivity index (χ1n) is 9.64. The zero-order valence-electron chi connectivity index (χ0n) is 15.9. The predicted octanol–water partition coefficient (Wildman–Crippen LogP) is 1.55. The molecule has 4 rings (SSSR count). The van der Waals surface area contributed by atoms with Gasteiger partial charge in [-0.05, 0) is 41.5 Å². The molecule has 1 aliphatic heterocycles. The van der Waals surface area contributed by atoms with Crippen molar-refractivity contribution < 1.29 is 4.79 Å². The van der Waals surface area contributed by atoms with Crippen molar-refractivity contribution in [3.8, 4) is 5.69 Å². The van der Waals surface area contributed by atoms with E-state index in [9.17, 15) is 4.79 Å². The van der Waals surface area contributed by atoms with E-state index in [0.717, 1.165) is 25.2 Å². The molecule has 0 radical (unpaired) electrons. The van der Waals surface area contributed by atoms with Crippen LogP contribution in [0.5, 0.6) is 0 Å². The third kappa shape index (κ3) is 3.60. The van der Waals surface area contributed by atoms with E-state index in [1.54, 1.807) is 15.6 Å². The fourth-order valence-corrected chi connectivity index (χ4v) is 3.60. The number of nitrogens with zero attached hydrogens (tertiary/aromatic N) is 8. The monoisotopic (exact) mass is 380 g/mol. The molecule has 3 aromatic rings. The first-order valence-corrected chi connectivity index (χ1v) is 9.64. The number of anilines is 1. The summed E-state index contributed by atoms with van der Waals surface area (Å²) in [7, 11) is 0. The van der Waals surface area contributed by atoms with Crippen LogP contribution in [0.2, 0.25) is 0 Å². The lowest BCUT2D eigenvalue weighted by atomic mass is 10.2. The van der Waals surface area contributed by atoms with Crippen molar-refractivity contribution in [2.45, 2.75) is 25.8 Å². The molecule has 0 N–H and O–H groups in total. The van der Waals surface area contributed by atoms with Crippen molar-refractivity contribution in [3.63, 3.8) is 0 Å². The summed E-state index contributed by atoms with van der Waals surface area (Å²) >= 11 is 0. The second kappa shape index (κ2) is 8.20. The molecule has 0 spiro atoms. The van der Waals surface area contributed by atoms with Crippen LogP contribution in [0.15, 0.2) is 48.8 Å². The minimum Gasteiger partial charge on any atom is -0.339 e. The van der Waals surface area contributed by atoms with Gasteiger partial charge in [0.15, 0.2) is 0 Å². The van der Waals surface area contributed by atoms with Crippen LogP contribution in [0.1, 0.15) is 25.8 Å². The second-order valence-corrected chi connectivity index (χ2v) is 6.80. The van der Waals surface area contributed by atoms with Gasteiger partial charge in [0.05, 0.1) is 5.69 Å². The van der Waals surface area contributed by atoms with Gasteiger partial charge in [0.1, 0.15) is 6.04 Å². The number of carbonyl (C=O) groups excluding carboxylic acids is 1. The van der Waals surface area contributed by atoms with Crippen LogP contribution in [-0.2, 0) is 4.79 Å². The third-order valence-electron chi connectivity index (χ3n) is 5.06. The molecule has 1 saturated heterocycles. The van der Waals surface area contributed by atoms with Gasteiger partial charge in [-0.25, -0.2) is 0 Å². The molecule has 1 atom stereocenters. The standard InChI is InChI=1S/C19H24N8O/c1-2-17(26-13-6-10-20-26)18(28)24-11-7-12-25(15-14-24)19-21-22-23-27(19)16-8-4-3-5-9-16/h3-6,8-10,13,17H,2,7,11-12,14-15H2,1H3. The van der Waals surface area contributed by atoms with E-state index in [0.29, 0.717) is 25.5 Å². The molecule has 9 nitrogen and oxygen atoms in total. The largest absolute Gasteiger partial charge is 0.339 e. The Bertz CT molecular complexity index is 892. The SMILES string of the molecule is CCC(C(=O)N1CCCN(c2nnnn2-c2ccccc2)CC1)n1cccn1. The van der Waals surface area contributed by atoms with Crippen LogP contribution in [0, 0.1) is 0 Å². The molecular formula is C19H24N8O. The minimum atomic E-state index is -0.254. The number of carbonyl (C=O) groups is 1. The van der Waals surface area contributed by atoms with Gasteiger partial charge in [0.2, 0.25) is 11.9 Å². The summed E-state index contributed by atoms with van der Waals surface area (Å²) in [6.45, 7) is 4.87. The van der Waals surface area contributed by atoms with Gasteiger partial charge in [0, 0.05) is 38.6 Å². The van der Waals surface area contributed by atoms with Crippen molar-refractivity contribution in [1.82, 2.24) is 34.9 Å². The summed E-state index contributed by atoms with van der Waals surface area (Å²) in [5.41, 5.74) is 0.921. The van der Waals surface area contributed by atoms with Crippen molar-refractivity contribution in [2.24, 2.45) is 0 Å². The molecule has 1 amide bonds. The van der Waals surface area contributed by atoms with Crippen LogP contribution in [0.25, 0.3) is 5.69 Å². The van der Waals surface area contributed by atoms with Gasteiger partial charge in [-0.1, -0.05) is 30.2 Å². The minimum absolute atomic E-state index is 0.121. The predicted molar refractivity (Wildman–Crippen MR) is 104 cm³/mol. The van der Waals surface area contributed by atoms with Crippen LogP contribution in [0.3, 0.4) is 0 Å². The molecule has 146 valence electrons. The van der Waals surface area contributed by atoms with Gasteiger partial charge in [0.25, 0.3) is 0 Å². The average Bonchev–Trinajstić information content (AvgIpc) is 3.37. The Balaban J connectivity index is 1.48. The van der Waals surface area contributed by atoms with Crippen LogP contribution in [0.4, 0.5) is 5.95 Å². The third-order valence-corrected chi connectivity index (χ3v) is 5.06. The molecular weight excluding hydrogens is 356 g/mol. The number of tetrazole rings is 1. The molecule has 1 aromatic carbocycles. The highest BCUT2D eigenvalue weighted by atomic mass is 16.2. The maximum atomic E-state index is 13.1. The highest BCUT2D eigenvalue weighted by molar-refractivity contribution is 5.80. The molecule has 0 aliphatic carbocycles. The zero-order chi connectivity index (χ0) is 19.3. The van der Waals surface area contributed by atoms with E-state index < -0.39 is 0 Å². The summed E-state index contributed by atoms with van der Waals surface area (Å²) in [5, 5.41) is 16.5. The summed E-state index contributed by atoms with van der Waals surface area (Å²) in [6, 6.07) is 11.4. The van der Waals surface area contributed by atoms with Crippen molar-refractivity contribution in [3.05, 3.63) is 48.8 Å². The maximum absolute atomic E-state index is 13.1. The number of rotatable bonds is 5. The lowest BCUT2D eigenvalue weighted by Crippen LogP contribution is -2.40. The van der Waals surface area contributed by atoms with E-state index in [1.165, 1.54) is 0 Å². The van der Waals surface area contributed by atoms with Crippen LogP contribution < -0.4 is 4.90 Å². The van der Waals surface area contributed by atoms with E-state index in [2.05, 4.69) is 25.5 Å². The fourth-order valence-electron chi connectivity index (χ4n) is 3.60. The summed E-state index contributed by atoms with van der Waals surface area (Å²) in [5.74, 6) is 0.829. The Labute approximate surface area is 163 Å². The van der Waals surface area contributed by atoms with E-state index in [-0.39, 0.29) is 11.9 Å². The normalized spacial score (nSPS) is 16.0. The number of hydrogen-bond acceptors (Lipinski definition) is 6. The topological polar surface area (TPSA) is 85.0 Å². The number of hydrogen-bond donors (Lipinski definition) is 0. The molecule has 3 heterocycles. The lowest BCUT2D eigenvalue weighted by Gasteiger charge is -2.26. The first kappa shape index (κ1) is 18.1. The lowest BCUT2D eigenvalue weighted by molar-refractivity contribution is -0.135. The first-order chi connectivity index (χ1) is 13.8. The highest BCUT2D eigenvalue weighted by Gasteiger charge is 2.28. The average molecular weight is 380 g/mol. The molecule has 1 aliphatic rings. The molecule has 0 bridgehead atoms. The van der Waals surface area contributed by atoms with E-state index in [4.69, 9.17) is 0 Å². The Hall–Kier alpha value is -3.23. The number of benzene rings is 1. The molecule has 0 saturated carbocycles. The quantitative estimate of drug-likeness (QED) is 0.668. The van der Waals surface area contributed by atoms with E-state index >= 15 is 0 Å². The van der Waals surface area contributed by atoms with Gasteiger partial charge in [-0.2, -0.15) is 9.78 Å². The molecule has 2 aromatic heterocycles. The summed E-state index contributed by atoms with van der Waals surface area (Å²) in [4.78, 5) is 17.1. The van der Waals surface area contributed by atoms with Gasteiger partial charge in [-0.15, -0.1) is 0 Å². The van der Waals surface area contributed by atoms with Gasteiger partial charge < -0.3 is 9.80 Å².